The van der Waals surface area contributed by atoms with Crippen LogP contribution in [0.4, 0.5) is 0 Å². The van der Waals surface area contributed by atoms with Gasteiger partial charge < -0.3 is 18.6 Å². The monoisotopic (exact) mass is 354 g/mol. The Labute approximate surface area is 147 Å². The summed E-state index contributed by atoms with van der Waals surface area (Å²) in [5.74, 6) is -0.641. The van der Waals surface area contributed by atoms with Crippen LogP contribution in [0.25, 0.3) is 11.0 Å². The van der Waals surface area contributed by atoms with E-state index in [-0.39, 0.29) is 11.3 Å². The van der Waals surface area contributed by atoms with Crippen LogP contribution in [-0.2, 0) is 4.74 Å². The minimum absolute atomic E-state index is 0.174. The second kappa shape index (κ2) is 7.10. The van der Waals surface area contributed by atoms with Gasteiger partial charge in [-0.25, -0.2) is 14.4 Å². The molecule has 0 N–H and O–H groups in total. The van der Waals surface area contributed by atoms with Crippen LogP contribution in [0.5, 0.6) is 11.5 Å². The van der Waals surface area contributed by atoms with E-state index in [1.54, 1.807) is 18.2 Å². The van der Waals surface area contributed by atoms with Gasteiger partial charge in [-0.3, -0.25) is 0 Å². The predicted octanol–water partition coefficient (Wildman–Crippen LogP) is 2.81. The quantitative estimate of drug-likeness (QED) is 0.404. The maximum absolute atomic E-state index is 12.3. The molecule has 0 radical (unpaired) electrons. The number of methoxy groups -OCH3 is 2. The molecular weight excluding hydrogens is 340 g/mol. The fourth-order valence-electron chi connectivity index (χ4n) is 2.31. The Morgan fingerprint density at radius 1 is 0.885 bits per heavy atom. The Hall–Kier alpha value is -3.61. The highest BCUT2D eigenvalue weighted by Gasteiger charge is 2.17. The number of carbonyl (C=O) groups is 2. The lowest BCUT2D eigenvalue weighted by Crippen LogP contribution is -2.18. The third-order valence-electron chi connectivity index (χ3n) is 3.65. The first kappa shape index (κ1) is 17.2. The summed E-state index contributed by atoms with van der Waals surface area (Å²) >= 11 is 0. The molecule has 0 unspecified atom stereocenters. The van der Waals surface area contributed by atoms with E-state index in [2.05, 4.69) is 4.74 Å². The van der Waals surface area contributed by atoms with Crippen molar-refractivity contribution < 1.29 is 28.2 Å². The summed E-state index contributed by atoms with van der Waals surface area (Å²) in [5, 5.41) is 0.525. The highest BCUT2D eigenvalue weighted by atomic mass is 16.5. The smallest absolute Gasteiger partial charge is 0.351 e. The first-order valence-corrected chi connectivity index (χ1v) is 7.54. The number of carbonyl (C=O) groups excluding carboxylic acids is 2. The highest BCUT2D eigenvalue weighted by Crippen LogP contribution is 2.21. The van der Waals surface area contributed by atoms with Gasteiger partial charge in [-0.1, -0.05) is 0 Å². The van der Waals surface area contributed by atoms with Crippen molar-refractivity contribution in [3.8, 4) is 11.5 Å². The van der Waals surface area contributed by atoms with Crippen molar-refractivity contribution in [3.05, 3.63) is 70.1 Å². The van der Waals surface area contributed by atoms with Crippen molar-refractivity contribution in [1.82, 2.24) is 0 Å². The minimum atomic E-state index is -0.866. The van der Waals surface area contributed by atoms with E-state index in [1.807, 2.05) is 0 Å². The molecule has 132 valence electrons. The number of ether oxygens (including phenoxy) is 3. The molecule has 0 saturated carbocycles. The fourth-order valence-corrected chi connectivity index (χ4v) is 2.31. The van der Waals surface area contributed by atoms with E-state index in [4.69, 9.17) is 13.9 Å². The van der Waals surface area contributed by atoms with Crippen LogP contribution in [-0.4, -0.2) is 26.2 Å². The maximum atomic E-state index is 12.3. The molecule has 0 fully saturated rings. The fraction of sp³-hybridized carbons (Fsp3) is 0.105. The molecule has 7 nitrogen and oxygen atoms in total. The van der Waals surface area contributed by atoms with Gasteiger partial charge in [0, 0.05) is 5.39 Å². The van der Waals surface area contributed by atoms with Crippen LogP contribution in [0.3, 0.4) is 0 Å². The molecule has 1 heterocycles. The maximum Gasteiger partial charge on any atom is 0.351 e. The van der Waals surface area contributed by atoms with E-state index in [0.29, 0.717) is 22.3 Å². The second-order valence-electron chi connectivity index (χ2n) is 5.26. The van der Waals surface area contributed by atoms with Gasteiger partial charge in [0.2, 0.25) is 0 Å². The lowest BCUT2D eigenvalue weighted by atomic mass is 10.2. The standard InChI is InChI=1S/C19H14O7/c1-23-14-7-8-16-12(9-14)10-15(19(22)26-16)18(21)25-13-5-3-11(4-6-13)17(20)24-2/h3-10H,1-2H3. The summed E-state index contributed by atoms with van der Waals surface area (Å²) in [6.07, 6.45) is 0. The molecule has 0 aliphatic rings. The van der Waals surface area contributed by atoms with Crippen molar-refractivity contribution in [3.63, 3.8) is 0 Å². The van der Waals surface area contributed by atoms with E-state index in [0.717, 1.165) is 0 Å². The summed E-state index contributed by atoms with van der Waals surface area (Å²) in [6.45, 7) is 0. The van der Waals surface area contributed by atoms with E-state index >= 15 is 0 Å². The highest BCUT2D eigenvalue weighted by molar-refractivity contribution is 5.94. The molecule has 1 aromatic heterocycles. The van der Waals surface area contributed by atoms with Gasteiger partial charge in [-0.2, -0.15) is 0 Å². The van der Waals surface area contributed by atoms with Crippen molar-refractivity contribution in [2.45, 2.75) is 0 Å². The summed E-state index contributed by atoms with van der Waals surface area (Å²) in [6, 6.07) is 12.0. The average molecular weight is 354 g/mol. The van der Waals surface area contributed by atoms with Crippen LogP contribution >= 0.6 is 0 Å². The molecule has 0 aliphatic carbocycles. The molecule has 3 rings (SSSR count). The summed E-state index contributed by atoms with van der Waals surface area (Å²) in [4.78, 5) is 35.7. The third kappa shape index (κ3) is 3.41. The average Bonchev–Trinajstić information content (AvgIpc) is 2.67. The normalized spacial score (nSPS) is 10.4. The second-order valence-corrected chi connectivity index (χ2v) is 5.26. The van der Waals surface area contributed by atoms with Crippen molar-refractivity contribution >= 4 is 22.9 Å². The van der Waals surface area contributed by atoms with Crippen molar-refractivity contribution in [1.29, 1.82) is 0 Å². The zero-order valence-electron chi connectivity index (χ0n) is 14.0. The molecule has 0 atom stereocenters. The lowest BCUT2D eigenvalue weighted by molar-refractivity contribution is 0.0600. The lowest BCUT2D eigenvalue weighted by Gasteiger charge is -2.06. The van der Waals surface area contributed by atoms with Crippen LogP contribution in [0.1, 0.15) is 20.7 Å². The van der Waals surface area contributed by atoms with Gasteiger partial charge in [0.1, 0.15) is 22.6 Å². The van der Waals surface area contributed by atoms with Gasteiger partial charge in [-0.05, 0) is 48.5 Å². The van der Waals surface area contributed by atoms with Gasteiger partial charge in [0.05, 0.1) is 19.8 Å². The predicted molar refractivity (Wildman–Crippen MR) is 91.8 cm³/mol. The molecule has 7 heteroatoms. The summed E-state index contributed by atoms with van der Waals surface area (Å²) in [5.41, 5.74) is -0.416. The topological polar surface area (TPSA) is 92.0 Å². The van der Waals surface area contributed by atoms with Crippen LogP contribution in [0.15, 0.2) is 57.7 Å². The molecule has 0 aliphatic heterocycles. The molecule has 0 saturated heterocycles. The first-order valence-electron chi connectivity index (χ1n) is 7.54. The van der Waals surface area contributed by atoms with Crippen molar-refractivity contribution in [2.24, 2.45) is 0 Å². The van der Waals surface area contributed by atoms with Crippen LogP contribution < -0.4 is 15.1 Å². The number of hydrogen-bond acceptors (Lipinski definition) is 7. The Bertz CT molecular complexity index is 1030. The SMILES string of the molecule is COC(=O)c1ccc(OC(=O)c2cc3cc(OC)ccc3oc2=O)cc1. The van der Waals surface area contributed by atoms with Gasteiger partial charge in [-0.15, -0.1) is 0 Å². The summed E-state index contributed by atoms with van der Waals surface area (Å²) in [7, 11) is 2.78. The summed E-state index contributed by atoms with van der Waals surface area (Å²) < 4.78 is 20.0. The third-order valence-corrected chi connectivity index (χ3v) is 3.65. The van der Waals surface area contributed by atoms with Gasteiger partial charge in [0.15, 0.2) is 0 Å². The largest absolute Gasteiger partial charge is 0.497 e. The number of rotatable bonds is 4. The number of esters is 2. The zero-order valence-corrected chi connectivity index (χ0v) is 14.0. The minimum Gasteiger partial charge on any atom is -0.497 e. The van der Waals surface area contributed by atoms with E-state index < -0.39 is 17.6 Å². The molecule has 26 heavy (non-hydrogen) atoms. The Morgan fingerprint density at radius 2 is 1.58 bits per heavy atom. The van der Waals surface area contributed by atoms with Crippen LogP contribution in [0, 0.1) is 0 Å². The first-order chi connectivity index (χ1) is 12.5. The number of fused-ring (bicyclic) bond motifs is 1. The molecular formula is C19H14O7. The van der Waals surface area contributed by atoms with Gasteiger partial charge >= 0.3 is 17.6 Å². The van der Waals surface area contributed by atoms with Crippen molar-refractivity contribution in [2.75, 3.05) is 14.2 Å². The molecule has 0 spiro atoms. The van der Waals surface area contributed by atoms with Gasteiger partial charge in [0.25, 0.3) is 0 Å². The molecule has 0 bridgehead atoms. The van der Waals surface area contributed by atoms with E-state index in [9.17, 15) is 14.4 Å². The Kier molecular flexibility index (Phi) is 4.70. The molecule has 2 aromatic carbocycles. The zero-order chi connectivity index (χ0) is 18.7. The number of benzene rings is 2. The Balaban J connectivity index is 1.88. The molecule has 0 amide bonds. The van der Waals surface area contributed by atoms with Crippen LogP contribution in [0.2, 0.25) is 0 Å². The molecule has 3 aromatic rings. The number of hydrogen-bond donors (Lipinski definition) is 0. The Morgan fingerprint density at radius 3 is 2.23 bits per heavy atom. The van der Waals surface area contributed by atoms with E-state index in [1.165, 1.54) is 44.6 Å².